The molecular weight excluding hydrogens is 411 g/mol. The Bertz CT molecular complexity index is 701. The molecule has 0 bridgehead atoms. The molecule has 0 aliphatic carbocycles. The number of carbonyl (C=O) groups is 2. The molecule has 0 spiro atoms. The summed E-state index contributed by atoms with van der Waals surface area (Å²) in [6, 6.07) is 0. The Hall–Kier alpha value is -1.72. The van der Waals surface area contributed by atoms with Crippen LogP contribution in [0.1, 0.15) is 24.3 Å². The number of fused-ring (bicyclic) bond motifs is 1. The number of thiazole rings is 1. The van der Waals surface area contributed by atoms with Gasteiger partial charge in [0.1, 0.15) is 5.01 Å². The highest BCUT2D eigenvalue weighted by atomic mass is 32.1. The van der Waals surface area contributed by atoms with Crippen LogP contribution in [0.25, 0.3) is 0 Å². The molecule has 4 heterocycles. The average molecular weight is 435 g/mol. The molecule has 1 aromatic rings. The molecule has 0 unspecified atom stereocenters. The van der Waals surface area contributed by atoms with Crippen molar-refractivity contribution in [3.05, 3.63) is 16.6 Å². The van der Waals surface area contributed by atoms with Crippen LogP contribution in [0.3, 0.4) is 0 Å². The number of carboxylic acids is 1. The first-order valence-corrected chi connectivity index (χ1v) is 10.4. The van der Waals surface area contributed by atoms with Crippen molar-refractivity contribution in [3.63, 3.8) is 0 Å². The van der Waals surface area contributed by atoms with E-state index in [1.165, 1.54) is 11.4 Å². The Labute approximate surface area is 170 Å². The molecular formula is C18H24F3N3O4S. The van der Waals surface area contributed by atoms with E-state index in [1.54, 1.807) is 11.3 Å². The predicted molar refractivity (Wildman–Crippen MR) is 98.2 cm³/mol. The van der Waals surface area contributed by atoms with E-state index in [1.807, 2.05) is 16.5 Å². The van der Waals surface area contributed by atoms with Crippen molar-refractivity contribution in [2.75, 3.05) is 32.8 Å². The number of carboxylic acid groups (broad SMARTS) is 1. The minimum Gasteiger partial charge on any atom is -0.475 e. The van der Waals surface area contributed by atoms with Crippen LogP contribution in [0.15, 0.2) is 11.6 Å². The van der Waals surface area contributed by atoms with Crippen LogP contribution in [0.2, 0.25) is 0 Å². The molecule has 162 valence electrons. The van der Waals surface area contributed by atoms with Crippen LogP contribution in [0.5, 0.6) is 0 Å². The van der Waals surface area contributed by atoms with E-state index in [9.17, 15) is 18.0 Å². The first-order chi connectivity index (χ1) is 13.7. The predicted octanol–water partition coefficient (Wildman–Crippen LogP) is 2.24. The number of hydrogen-bond donors (Lipinski definition) is 1. The largest absolute Gasteiger partial charge is 0.490 e. The maximum atomic E-state index is 11.9. The summed E-state index contributed by atoms with van der Waals surface area (Å²) >= 11 is 1.73. The molecule has 0 saturated carbocycles. The lowest BCUT2D eigenvalue weighted by Crippen LogP contribution is -2.45. The van der Waals surface area contributed by atoms with E-state index in [2.05, 4.69) is 9.88 Å². The number of aromatic nitrogens is 1. The van der Waals surface area contributed by atoms with Crippen molar-refractivity contribution in [1.82, 2.24) is 14.8 Å². The molecule has 0 radical (unpaired) electrons. The van der Waals surface area contributed by atoms with E-state index in [-0.39, 0.29) is 6.10 Å². The molecule has 1 aromatic heterocycles. The zero-order valence-electron chi connectivity index (χ0n) is 15.8. The smallest absolute Gasteiger partial charge is 0.475 e. The van der Waals surface area contributed by atoms with E-state index < -0.39 is 12.1 Å². The van der Waals surface area contributed by atoms with Crippen molar-refractivity contribution in [2.45, 2.75) is 38.1 Å². The number of hydrogen-bond acceptors (Lipinski definition) is 6. The van der Waals surface area contributed by atoms with Crippen LogP contribution in [-0.4, -0.2) is 76.8 Å². The molecule has 29 heavy (non-hydrogen) atoms. The fourth-order valence-electron chi connectivity index (χ4n) is 4.07. The van der Waals surface area contributed by atoms with Crippen LogP contribution in [0, 0.1) is 11.8 Å². The summed E-state index contributed by atoms with van der Waals surface area (Å²) in [5.41, 5.74) is 0. The summed E-state index contributed by atoms with van der Waals surface area (Å²) in [4.78, 5) is 29.7. The minimum atomic E-state index is -5.08. The number of rotatable bonds is 4. The van der Waals surface area contributed by atoms with E-state index in [4.69, 9.17) is 14.6 Å². The fraction of sp³-hybridized carbons (Fsp3) is 0.722. The highest BCUT2D eigenvalue weighted by Gasteiger charge is 2.42. The summed E-state index contributed by atoms with van der Waals surface area (Å²) in [6.45, 7) is 5.76. The Kier molecular flexibility index (Phi) is 7.12. The Balaban J connectivity index is 0.000000298. The standard InChI is InChI=1S/C16H23N3O2S.C2HF3O2/c20-16-2-1-5-19(16)9-14-13-8-18(6-3-12(13)11-21-14)10-15-17-4-7-22-15;3-2(4,5)1(6)7/h4,7,12-14H,1-3,5-6,8-11H2;(H,6,7)/t12-,13-,14+;/m0./s1. The van der Waals surface area contributed by atoms with Gasteiger partial charge in [0, 0.05) is 43.5 Å². The van der Waals surface area contributed by atoms with Gasteiger partial charge in [0.25, 0.3) is 0 Å². The molecule has 3 aliphatic heterocycles. The summed E-state index contributed by atoms with van der Waals surface area (Å²) in [7, 11) is 0. The van der Waals surface area contributed by atoms with Gasteiger partial charge in [-0.1, -0.05) is 0 Å². The minimum absolute atomic E-state index is 0.228. The second-order valence-corrected chi connectivity index (χ2v) is 8.47. The number of carbonyl (C=O) groups excluding carboxylic acids is 1. The highest BCUT2D eigenvalue weighted by molar-refractivity contribution is 7.09. The van der Waals surface area contributed by atoms with Gasteiger partial charge < -0.3 is 14.7 Å². The van der Waals surface area contributed by atoms with Gasteiger partial charge in [0.05, 0.1) is 19.3 Å². The number of amides is 1. The third kappa shape index (κ3) is 5.89. The number of ether oxygens (including phenoxy) is 1. The number of alkyl halides is 3. The third-order valence-electron chi connectivity index (χ3n) is 5.55. The lowest BCUT2D eigenvalue weighted by atomic mass is 9.84. The molecule has 1 amide bonds. The molecule has 0 aromatic carbocycles. The van der Waals surface area contributed by atoms with Crippen molar-refractivity contribution >= 4 is 23.2 Å². The molecule has 4 rings (SSSR count). The van der Waals surface area contributed by atoms with Gasteiger partial charge in [-0.25, -0.2) is 9.78 Å². The topological polar surface area (TPSA) is 83.0 Å². The average Bonchev–Trinajstić information content (AvgIpc) is 3.39. The van der Waals surface area contributed by atoms with Crippen molar-refractivity contribution < 1.29 is 32.6 Å². The zero-order chi connectivity index (χ0) is 21.0. The first kappa shape index (κ1) is 22.0. The fourth-order valence-corrected chi connectivity index (χ4v) is 4.73. The molecule has 11 heteroatoms. The lowest BCUT2D eigenvalue weighted by Gasteiger charge is -2.36. The van der Waals surface area contributed by atoms with Crippen molar-refractivity contribution in [1.29, 1.82) is 0 Å². The van der Waals surface area contributed by atoms with Gasteiger partial charge in [0.2, 0.25) is 5.91 Å². The molecule has 1 N–H and O–H groups in total. The van der Waals surface area contributed by atoms with Crippen molar-refractivity contribution in [2.24, 2.45) is 11.8 Å². The number of halogens is 3. The first-order valence-electron chi connectivity index (χ1n) is 9.54. The zero-order valence-corrected chi connectivity index (χ0v) is 16.6. The monoisotopic (exact) mass is 435 g/mol. The lowest BCUT2D eigenvalue weighted by molar-refractivity contribution is -0.192. The van der Waals surface area contributed by atoms with Crippen molar-refractivity contribution in [3.8, 4) is 0 Å². The van der Waals surface area contributed by atoms with Gasteiger partial charge in [-0.05, 0) is 25.3 Å². The molecule has 3 aliphatic rings. The Morgan fingerprint density at radius 3 is 2.72 bits per heavy atom. The highest BCUT2D eigenvalue weighted by Crippen LogP contribution is 2.35. The second kappa shape index (κ2) is 9.40. The van der Waals surface area contributed by atoms with Crippen LogP contribution < -0.4 is 0 Å². The normalized spacial score (nSPS) is 27.5. The maximum absolute atomic E-state index is 11.9. The molecule has 3 atom stereocenters. The number of aliphatic carboxylic acids is 1. The van der Waals surface area contributed by atoms with E-state index in [0.29, 0.717) is 17.7 Å². The van der Waals surface area contributed by atoms with Crippen LogP contribution in [0.4, 0.5) is 13.2 Å². The van der Waals surface area contributed by atoms with Gasteiger partial charge >= 0.3 is 12.1 Å². The quantitative estimate of drug-likeness (QED) is 0.781. The van der Waals surface area contributed by atoms with E-state index >= 15 is 0 Å². The molecule has 3 fully saturated rings. The Morgan fingerprint density at radius 2 is 2.14 bits per heavy atom. The maximum Gasteiger partial charge on any atom is 0.490 e. The third-order valence-corrected chi connectivity index (χ3v) is 6.31. The summed E-state index contributed by atoms with van der Waals surface area (Å²) < 4.78 is 37.8. The van der Waals surface area contributed by atoms with E-state index in [0.717, 1.165) is 52.2 Å². The molecule has 7 nitrogen and oxygen atoms in total. The summed E-state index contributed by atoms with van der Waals surface area (Å²) in [6.07, 6.45) is -0.0355. The van der Waals surface area contributed by atoms with Gasteiger partial charge in [-0.15, -0.1) is 11.3 Å². The Morgan fingerprint density at radius 1 is 1.38 bits per heavy atom. The number of nitrogens with zero attached hydrogens (tertiary/aromatic N) is 3. The van der Waals surface area contributed by atoms with Gasteiger partial charge in [-0.3, -0.25) is 9.69 Å². The molecule has 3 saturated heterocycles. The second-order valence-electron chi connectivity index (χ2n) is 7.49. The SMILES string of the molecule is O=C(O)C(F)(F)F.O=C1CCCN1C[C@H]1OC[C@@H]2CCN(Cc3nccs3)C[C@@H]21. The summed E-state index contributed by atoms with van der Waals surface area (Å²) in [5.74, 6) is -1.20. The van der Waals surface area contributed by atoms with Gasteiger partial charge in [-0.2, -0.15) is 13.2 Å². The van der Waals surface area contributed by atoms with Gasteiger partial charge in [0.15, 0.2) is 0 Å². The number of piperidine rings is 1. The number of likely N-dealkylation sites (tertiary alicyclic amines) is 2. The summed E-state index contributed by atoms with van der Waals surface area (Å²) in [5, 5.41) is 10.4. The van der Waals surface area contributed by atoms with Crippen LogP contribution >= 0.6 is 11.3 Å². The van der Waals surface area contributed by atoms with Crippen LogP contribution in [-0.2, 0) is 20.9 Å².